The molecule has 1 aliphatic rings. The zero-order valence-electron chi connectivity index (χ0n) is 12.8. The molecule has 1 atom stereocenters. The van der Waals surface area contributed by atoms with E-state index in [1.165, 1.54) is 10.8 Å². The number of ether oxygens (including phenoxy) is 1. The van der Waals surface area contributed by atoms with Crippen molar-refractivity contribution in [2.45, 2.75) is 26.0 Å². The van der Waals surface area contributed by atoms with Crippen LogP contribution in [0.25, 0.3) is 10.8 Å². The Morgan fingerprint density at radius 1 is 1.38 bits per heavy atom. The van der Waals surface area contributed by atoms with E-state index in [-0.39, 0.29) is 0 Å². The van der Waals surface area contributed by atoms with E-state index < -0.39 is 0 Å². The topological polar surface area (TPSA) is 37.4 Å². The van der Waals surface area contributed by atoms with Gasteiger partial charge in [-0.25, -0.2) is 4.98 Å². The van der Waals surface area contributed by atoms with Crippen LogP contribution < -0.4 is 10.2 Å². The molecule has 4 nitrogen and oxygen atoms in total. The summed E-state index contributed by atoms with van der Waals surface area (Å²) in [5.41, 5.74) is 1.09. The number of benzene rings is 1. The molecule has 1 fully saturated rings. The predicted octanol–water partition coefficient (Wildman–Crippen LogP) is 2.57. The summed E-state index contributed by atoms with van der Waals surface area (Å²) < 4.78 is 5.79. The van der Waals surface area contributed by atoms with Gasteiger partial charge in [0.05, 0.1) is 18.4 Å². The molecule has 1 unspecified atom stereocenters. The second-order valence-electron chi connectivity index (χ2n) is 5.54. The summed E-state index contributed by atoms with van der Waals surface area (Å²) >= 11 is 0. The molecule has 112 valence electrons. The van der Waals surface area contributed by atoms with Gasteiger partial charge in [0, 0.05) is 25.0 Å². The lowest BCUT2D eigenvalue weighted by atomic mass is 10.1. The molecule has 1 aromatic heterocycles. The summed E-state index contributed by atoms with van der Waals surface area (Å²) in [6.07, 6.45) is 1.36. The lowest BCUT2D eigenvalue weighted by molar-refractivity contribution is 0.0382. The molecule has 0 radical (unpaired) electrons. The van der Waals surface area contributed by atoms with Gasteiger partial charge in [0.15, 0.2) is 0 Å². The zero-order valence-corrected chi connectivity index (χ0v) is 12.8. The maximum absolute atomic E-state index is 5.79. The highest BCUT2D eigenvalue weighted by Gasteiger charge is 2.22. The van der Waals surface area contributed by atoms with Crippen LogP contribution in [-0.2, 0) is 11.3 Å². The smallest absolute Gasteiger partial charge is 0.136 e. The highest BCUT2D eigenvalue weighted by molar-refractivity contribution is 5.92. The second kappa shape index (κ2) is 6.41. The maximum atomic E-state index is 5.79. The van der Waals surface area contributed by atoms with Gasteiger partial charge in [-0.15, -0.1) is 0 Å². The van der Waals surface area contributed by atoms with Crippen molar-refractivity contribution in [3.63, 3.8) is 0 Å². The van der Waals surface area contributed by atoms with Crippen LogP contribution >= 0.6 is 0 Å². The van der Waals surface area contributed by atoms with Crippen molar-refractivity contribution in [3.8, 4) is 0 Å². The molecule has 0 amide bonds. The number of pyridine rings is 1. The van der Waals surface area contributed by atoms with Gasteiger partial charge in [0.1, 0.15) is 5.82 Å². The van der Waals surface area contributed by atoms with Crippen LogP contribution in [0.3, 0.4) is 0 Å². The van der Waals surface area contributed by atoms with E-state index in [9.17, 15) is 0 Å². The Morgan fingerprint density at radius 3 is 3.05 bits per heavy atom. The van der Waals surface area contributed by atoms with Gasteiger partial charge in [-0.05, 0) is 24.9 Å². The normalized spacial score (nSPS) is 19.1. The number of fused-ring (bicyclic) bond motifs is 1. The molecule has 0 bridgehead atoms. The minimum atomic E-state index is 0.312. The van der Waals surface area contributed by atoms with Crippen molar-refractivity contribution >= 4 is 16.6 Å². The highest BCUT2D eigenvalue weighted by Crippen LogP contribution is 2.27. The quantitative estimate of drug-likeness (QED) is 0.937. The molecular weight excluding hydrogens is 262 g/mol. The SMILES string of the molecule is CCC1CN(c2nc(CNC)cc3ccccc23)CCO1. The van der Waals surface area contributed by atoms with E-state index in [1.807, 2.05) is 7.05 Å². The number of aromatic nitrogens is 1. The standard InChI is InChI=1S/C17H23N3O/c1-3-15-12-20(8-9-21-15)17-16-7-5-4-6-13(16)10-14(19-17)11-18-2/h4-7,10,15,18H,3,8-9,11-12H2,1-2H3. The third kappa shape index (κ3) is 3.01. The highest BCUT2D eigenvalue weighted by atomic mass is 16.5. The number of rotatable bonds is 4. The van der Waals surface area contributed by atoms with Crippen LogP contribution in [-0.4, -0.2) is 37.8 Å². The molecule has 4 heteroatoms. The molecule has 1 saturated heterocycles. The molecular formula is C17H23N3O. The number of nitrogens with zero attached hydrogens (tertiary/aromatic N) is 2. The average Bonchev–Trinajstić information content (AvgIpc) is 2.54. The maximum Gasteiger partial charge on any atom is 0.136 e. The Bertz CT molecular complexity index is 614. The van der Waals surface area contributed by atoms with Crippen LogP contribution in [0.1, 0.15) is 19.0 Å². The van der Waals surface area contributed by atoms with Crippen molar-refractivity contribution in [3.05, 3.63) is 36.0 Å². The van der Waals surface area contributed by atoms with E-state index in [0.717, 1.165) is 44.2 Å². The van der Waals surface area contributed by atoms with E-state index in [2.05, 4.69) is 47.5 Å². The number of nitrogens with one attached hydrogen (secondary N) is 1. The van der Waals surface area contributed by atoms with Crippen LogP contribution in [0.4, 0.5) is 5.82 Å². The first-order valence-corrected chi connectivity index (χ1v) is 7.71. The molecule has 2 heterocycles. The molecule has 0 spiro atoms. The largest absolute Gasteiger partial charge is 0.375 e. The Hall–Kier alpha value is -1.65. The van der Waals surface area contributed by atoms with Crippen molar-refractivity contribution in [1.29, 1.82) is 0 Å². The van der Waals surface area contributed by atoms with Gasteiger partial charge < -0.3 is 15.0 Å². The van der Waals surface area contributed by atoms with Crippen LogP contribution in [0.2, 0.25) is 0 Å². The fourth-order valence-corrected chi connectivity index (χ4v) is 2.91. The van der Waals surface area contributed by atoms with E-state index in [1.54, 1.807) is 0 Å². The van der Waals surface area contributed by atoms with Crippen molar-refractivity contribution in [2.75, 3.05) is 31.6 Å². The van der Waals surface area contributed by atoms with Gasteiger partial charge in [-0.2, -0.15) is 0 Å². The Kier molecular flexibility index (Phi) is 4.36. The zero-order chi connectivity index (χ0) is 14.7. The molecule has 1 N–H and O–H groups in total. The predicted molar refractivity (Wildman–Crippen MR) is 86.8 cm³/mol. The molecule has 3 rings (SSSR count). The first-order valence-electron chi connectivity index (χ1n) is 7.71. The van der Waals surface area contributed by atoms with Gasteiger partial charge in [0.2, 0.25) is 0 Å². The molecule has 0 aliphatic carbocycles. The van der Waals surface area contributed by atoms with Crippen molar-refractivity contribution < 1.29 is 4.74 Å². The fraction of sp³-hybridized carbons (Fsp3) is 0.471. The summed E-state index contributed by atoms with van der Waals surface area (Å²) in [6, 6.07) is 10.7. The fourth-order valence-electron chi connectivity index (χ4n) is 2.91. The van der Waals surface area contributed by atoms with Gasteiger partial charge in [-0.1, -0.05) is 31.2 Å². The molecule has 2 aromatic rings. The lowest BCUT2D eigenvalue weighted by Crippen LogP contribution is -2.42. The summed E-state index contributed by atoms with van der Waals surface area (Å²) in [5.74, 6) is 1.10. The molecule has 1 aliphatic heterocycles. The minimum Gasteiger partial charge on any atom is -0.375 e. The number of hydrogen-bond acceptors (Lipinski definition) is 4. The van der Waals surface area contributed by atoms with Gasteiger partial charge >= 0.3 is 0 Å². The number of morpholine rings is 1. The summed E-state index contributed by atoms with van der Waals surface area (Å²) in [5, 5.41) is 5.68. The Labute approximate surface area is 126 Å². The third-order valence-corrected chi connectivity index (χ3v) is 4.02. The van der Waals surface area contributed by atoms with E-state index >= 15 is 0 Å². The molecule has 21 heavy (non-hydrogen) atoms. The summed E-state index contributed by atoms with van der Waals surface area (Å²) in [4.78, 5) is 7.27. The monoisotopic (exact) mass is 285 g/mol. The van der Waals surface area contributed by atoms with Crippen LogP contribution in [0.15, 0.2) is 30.3 Å². The Balaban J connectivity index is 2.02. The van der Waals surface area contributed by atoms with Gasteiger partial charge in [0.25, 0.3) is 0 Å². The lowest BCUT2D eigenvalue weighted by Gasteiger charge is -2.34. The third-order valence-electron chi connectivity index (χ3n) is 4.02. The summed E-state index contributed by atoms with van der Waals surface area (Å²) in [7, 11) is 1.96. The first kappa shape index (κ1) is 14.3. The van der Waals surface area contributed by atoms with Crippen LogP contribution in [0, 0.1) is 0 Å². The van der Waals surface area contributed by atoms with Crippen molar-refractivity contribution in [1.82, 2.24) is 10.3 Å². The van der Waals surface area contributed by atoms with Crippen molar-refractivity contribution in [2.24, 2.45) is 0 Å². The first-order chi connectivity index (χ1) is 10.3. The molecule has 1 aromatic carbocycles. The van der Waals surface area contributed by atoms with E-state index in [4.69, 9.17) is 9.72 Å². The molecule has 0 saturated carbocycles. The van der Waals surface area contributed by atoms with Crippen LogP contribution in [0.5, 0.6) is 0 Å². The second-order valence-corrected chi connectivity index (χ2v) is 5.54. The number of hydrogen-bond donors (Lipinski definition) is 1. The summed E-state index contributed by atoms with van der Waals surface area (Å²) in [6.45, 7) is 5.59. The minimum absolute atomic E-state index is 0.312. The average molecular weight is 285 g/mol. The number of anilines is 1. The van der Waals surface area contributed by atoms with Gasteiger partial charge in [-0.3, -0.25) is 0 Å². The van der Waals surface area contributed by atoms with E-state index in [0.29, 0.717) is 6.10 Å². The Morgan fingerprint density at radius 2 is 2.24 bits per heavy atom.